The Balaban J connectivity index is 2.86. The minimum Gasteiger partial charge on any atom is -0.363 e. The highest BCUT2D eigenvalue weighted by molar-refractivity contribution is 6.37. The molecule has 0 aromatic heterocycles. The number of nitrogens with two attached hydrogens (primary N) is 2. The maximum Gasteiger partial charge on any atom is 0.286 e. The monoisotopic (exact) mass is 178 g/mol. The third-order valence-electron chi connectivity index (χ3n) is 1.68. The quantitative estimate of drug-likeness (QED) is 0.625. The fourth-order valence-electron chi connectivity index (χ4n) is 0.965. The van der Waals surface area contributed by atoms with Crippen LogP contribution in [0, 0.1) is 0 Å². The smallest absolute Gasteiger partial charge is 0.286 e. The van der Waals surface area contributed by atoms with E-state index >= 15 is 0 Å². The van der Waals surface area contributed by atoms with E-state index in [1.54, 1.807) is 30.3 Å². The molecule has 4 nitrogen and oxygen atoms in total. The molecule has 4 N–H and O–H groups in total. The summed E-state index contributed by atoms with van der Waals surface area (Å²) in [5.41, 5.74) is 10.9. The van der Waals surface area contributed by atoms with Crippen LogP contribution in [0.3, 0.4) is 0 Å². The molecule has 0 fully saturated rings. The van der Waals surface area contributed by atoms with Gasteiger partial charge in [0.1, 0.15) is 0 Å². The molecular formula is C9H10N2O2. The van der Waals surface area contributed by atoms with Gasteiger partial charge in [0.05, 0.1) is 6.04 Å². The molecule has 0 saturated heterocycles. The standard InChI is InChI=1S/C9H10N2O2/c10-7(8(12)9(11)13)6-4-2-1-3-5-6/h1-5,7H,10H2,(H2,11,13)/t7-/m1/s1. The van der Waals surface area contributed by atoms with Gasteiger partial charge < -0.3 is 11.5 Å². The summed E-state index contributed by atoms with van der Waals surface area (Å²) in [6.45, 7) is 0. The Morgan fingerprint density at radius 3 is 2.15 bits per heavy atom. The number of carbonyl (C=O) groups excluding carboxylic acids is 2. The molecule has 0 spiro atoms. The third kappa shape index (κ3) is 2.13. The summed E-state index contributed by atoms with van der Waals surface area (Å²) in [7, 11) is 0. The molecule has 0 unspecified atom stereocenters. The highest BCUT2D eigenvalue weighted by Crippen LogP contribution is 2.09. The van der Waals surface area contributed by atoms with Crippen LogP contribution >= 0.6 is 0 Å². The predicted octanol–water partition coefficient (Wildman–Crippen LogP) is -0.259. The minimum absolute atomic E-state index is 0.589. The second kappa shape index (κ2) is 3.82. The van der Waals surface area contributed by atoms with Crippen LogP contribution in [0.2, 0.25) is 0 Å². The minimum atomic E-state index is -1.00. The summed E-state index contributed by atoms with van der Waals surface area (Å²) < 4.78 is 0. The SMILES string of the molecule is NC(=O)C(=O)[C@H](N)c1ccccc1. The first-order valence-electron chi connectivity index (χ1n) is 3.77. The summed E-state index contributed by atoms with van der Waals surface area (Å²) in [6.07, 6.45) is 0. The lowest BCUT2D eigenvalue weighted by Crippen LogP contribution is -2.33. The van der Waals surface area contributed by atoms with Crippen molar-refractivity contribution in [2.24, 2.45) is 11.5 Å². The van der Waals surface area contributed by atoms with Gasteiger partial charge in [0.15, 0.2) is 0 Å². The van der Waals surface area contributed by atoms with Crippen LogP contribution in [0.25, 0.3) is 0 Å². The number of primary amides is 1. The maximum absolute atomic E-state index is 11.0. The Bertz CT molecular complexity index is 322. The number of rotatable bonds is 3. The summed E-state index contributed by atoms with van der Waals surface area (Å²) in [5, 5.41) is 0. The lowest BCUT2D eigenvalue weighted by molar-refractivity contribution is -0.136. The fourth-order valence-corrected chi connectivity index (χ4v) is 0.965. The Labute approximate surface area is 75.5 Å². The van der Waals surface area contributed by atoms with E-state index in [4.69, 9.17) is 11.5 Å². The molecule has 1 amide bonds. The molecule has 68 valence electrons. The number of amides is 1. The number of hydrogen-bond acceptors (Lipinski definition) is 3. The van der Waals surface area contributed by atoms with Crippen LogP contribution in [0.15, 0.2) is 30.3 Å². The van der Waals surface area contributed by atoms with E-state index in [2.05, 4.69) is 0 Å². The van der Waals surface area contributed by atoms with E-state index in [-0.39, 0.29) is 0 Å². The van der Waals surface area contributed by atoms with Crippen LogP contribution in [-0.2, 0) is 9.59 Å². The summed E-state index contributed by atoms with van der Waals surface area (Å²) in [5.74, 6) is -1.78. The van der Waals surface area contributed by atoms with Gasteiger partial charge in [-0.3, -0.25) is 9.59 Å². The van der Waals surface area contributed by atoms with Crippen LogP contribution < -0.4 is 11.5 Å². The Hall–Kier alpha value is -1.68. The van der Waals surface area contributed by atoms with Crippen LogP contribution in [-0.4, -0.2) is 11.7 Å². The van der Waals surface area contributed by atoms with E-state index in [9.17, 15) is 9.59 Å². The molecule has 1 aromatic carbocycles. The first-order chi connectivity index (χ1) is 6.13. The zero-order valence-electron chi connectivity index (χ0n) is 6.94. The van der Waals surface area contributed by atoms with Gasteiger partial charge in [-0.2, -0.15) is 0 Å². The largest absolute Gasteiger partial charge is 0.363 e. The molecule has 0 aliphatic heterocycles. The predicted molar refractivity (Wildman–Crippen MR) is 47.6 cm³/mol. The van der Waals surface area contributed by atoms with Crippen molar-refractivity contribution in [3.63, 3.8) is 0 Å². The van der Waals surface area contributed by atoms with Crippen molar-refractivity contribution in [2.75, 3.05) is 0 Å². The van der Waals surface area contributed by atoms with Gasteiger partial charge in [-0.1, -0.05) is 30.3 Å². The summed E-state index contributed by atoms with van der Waals surface area (Å²) in [6, 6.07) is 7.67. The molecule has 0 heterocycles. The van der Waals surface area contributed by atoms with E-state index in [1.807, 2.05) is 0 Å². The highest BCUT2D eigenvalue weighted by Gasteiger charge is 2.19. The number of Topliss-reactive ketones (excluding diaryl/α,β-unsaturated/α-hetero) is 1. The molecule has 0 aliphatic carbocycles. The van der Waals surface area contributed by atoms with Crippen LogP contribution in [0.5, 0.6) is 0 Å². The lowest BCUT2D eigenvalue weighted by Gasteiger charge is -2.07. The molecule has 13 heavy (non-hydrogen) atoms. The normalized spacial score (nSPS) is 12.1. The van der Waals surface area contributed by atoms with Crippen molar-refractivity contribution in [3.8, 4) is 0 Å². The second-order valence-electron chi connectivity index (χ2n) is 2.62. The molecule has 0 radical (unpaired) electrons. The third-order valence-corrected chi connectivity index (χ3v) is 1.68. The molecule has 0 aliphatic rings. The van der Waals surface area contributed by atoms with Crippen molar-refractivity contribution in [3.05, 3.63) is 35.9 Å². The molecule has 0 bridgehead atoms. The Kier molecular flexibility index (Phi) is 2.76. The van der Waals surface area contributed by atoms with Gasteiger partial charge in [-0.15, -0.1) is 0 Å². The zero-order chi connectivity index (χ0) is 9.84. The molecular weight excluding hydrogens is 168 g/mol. The molecule has 0 saturated carbocycles. The van der Waals surface area contributed by atoms with E-state index in [0.29, 0.717) is 5.56 Å². The molecule has 4 heteroatoms. The van der Waals surface area contributed by atoms with E-state index in [1.165, 1.54) is 0 Å². The van der Waals surface area contributed by atoms with Crippen molar-refractivity contribution < 1.29 is 9.59 Å². The van der Waals surface area contributed by atoms with Crippen molar-refractivity contribution in [1.29, 1.82) is 0 Å². The van der Waals surface area contributed by atoms with Gasteiger partial charge in [0.2, 0.25) is 5.78 Å². The van der Waals surface area contributed by atoms with Gasteiger partial charge in [0.25, 0.3) is 5.91 Å². The van der Waals surface area contributed by atoms with E-state index in [0.717, 1.165) is 0 Å². The number of benzene rings is 1. The Morgan fingerprint density at radius 1 is 1.15 bits per heavy atom. The second-order valence-corrected chi connectivity index (χ2v) is 2.62. The summed E-state index contributed by atoms with van der Waals surface area (Å²) >= 11 is 0. The van der Waals surface area contributed by atoms with Gasteiger partial charge in [-0.05, 0) is 5.56 Å². The van der Waals surface area contributed by atoms with Crippen molar-refractivity contribution in [2.45, 2.75) is 6.04 Å². The molecule has 1 atom stereocenters. The fraction of sp³-hybridized carbons (Fsp3) is 0.111. The van der Waals surface area contributed by atoms with Crippen molar-refractivity contribution in [1.82, 2.24) is 0 Å². The van der Waals surface area contributed by atoms with E-state index < -0.39 is 17.7 Å². The molecule has 1 rings (SSSR count). The Morgan fingerprint density at radius 2 is 1.69 bits per heavy atom. The lowest BCUT2D eigenvalue weighted by atomic mass is 10.0. The van der Waals surface area contributed by atoms with Gasteiger partial charge >= 0.3 is 0 Å². The van der Waals surface area contributed by atoms with Crippen molar-refractivity contribution >= 4 is 11.7 Å². The zero-order valence-corrected chi connectivity index (χ0v) is 6.94. The number of carbonyl (C=O) groups is 2. The first kappa shape index (κ1) is 9.41. The molecule has 1 aromatic rings. The number of ketones is 1. The van der Waals surface area contributed by atoms with Gasteiger partial charge in [-0.25, -0.2) is 0 Å². The van der Waals surface area contributed by atoms with Crippen LogP contribution in [0.1, 0.15) is 11.6 Å². The highest BCUT2D eigenvalue weighted by atomic mass is 16.2. The average molecular weight is 178 g/mol. The summed E-state index contributed by atoms with van der Waals surface area (Å²) in [4.78, 5) is 21.6. The van der Waals surface area contributed by atoms with Crippen LogP contribution in [0.4, 0.5) is 0 Å². The number of hydrogen-bond donors (Lipinski definition) is 2. The maximum atomic E-state index is 11.0. The first-order valence-corrected chi connectivity index (χ1v) is 3.77. The average Bonchev–Trinajstić information content (AvgIpc) is 2.17. The topological polar surface area (TPSA) is 86.2 Å². The van der Waals surface area contributed by atoms with Gasteiger partial charge in [0, 0.05) is 0 Å².